The Morgan fingerprint density at radius 2 is 2.27 bits per heavy atom. The summed E-state index contributed by atoms with van der Waals surface area (Å²) in [6.07, 6.45) is -1.87. The molecule has 0 radical (unpaired) electrons. The third-order valence-corrected chi connectivity index (χ3v) is 2.13. The molecule has 0 amide bonds. The van der Waals surface area contributed by atoms with Crippen molar-refractivity contribution in [1.29, 1.82) is 0 Å². The Bertz CT molecular complexity index is 133. The van der Waals surface area contributed by atoms with Gasteiger partial charge >= 0.3 is 0 Å². The third kappa shape index (κ3) is 1.36. The third-order valence-electron chi connectivity index (χ3n) is 2.13. The number of nitrogens with one attached hydrogen (secondary N) is 1. The van der Waals surface area contributed by atoms with Crippen LogP contribution in [0.25, 0.3) is 0 Å². The SMILES string of the molecule is Cl.OC1CO[C@@H]2C(F)CNC12. The highest BCUT2D eigenvalue weighted by atomic mass is 35.5. The van der Waals surface area contributed by atoms with Crippen molar-refractivity contribution in [3.63, 3.8) is 0 Å². The Morgan fingerprint density at radius 1 is 1.55 bits per heavy atom. The van der Waals surface area contributed by atoms with Crippen molar-refractivity contribution in [2.75, 3.05) is 13.2 Å². The highest BCUT2D eigenvalue weighted by molar-refractivity contribution is 5.85. The van der Waals surface area contributed by atoms with Gasteiger partial charge in [-0.05, 0) is 0 Å². The normalized spacial score (nSPS) is 48.5. The number of alkyl halides is 1. The minimum Gasteiger partial charge on any atom is -0.389 e. The van der Waals surface area contributed by atoms with Gasteiger partial charge in [0.2, 0.25) is 0 Å². The molecule has 0 bridgehead atoms. The second-order valence-corrected chi connectivity index (χ2v) is 2.82. The summed E-state index contributed by atoms with van der Waals surface area (Å²) in [6, 6.07) is -0.171. The van der Waals surface area contributed by atoms with E-state index in [1.807, 2.05) is 0 Å². The van der Waals surface area contributed by atoms with Gasteiger partial charge in [-0.25, -0.2) is 4.39 Å². The predicted octanol–water partition coefficient (Wildman–Crippen LogP) is -0.522. The van der Waals surface area contributed by atoms with Crippen molar-refractivity contribution < 1.29 is 14.2 Å². The Morgan fingerprint density at radius 3 is 2.91 bits per heavy atom. The molecule has 2 fully saturated rings. The van der Waals surface area contributed by atoms with Gasteiger partial charge in [0.15, 0.2) is 0 Å². The first kappa shape index (κ1) is 9.19. The van der Waals surface area contributed by atoms with Crippen LogP contribution in [0.3, 0.4) is 0 Å². The fourth-order valence-corrected chi connectivity index (χ4v) is 1.58. The smallest absolute Gasteiger partial charge is 0.140 e. The molecule has 2 N–H and O–H groups in total. The standard InChI is InChI=1S/C6H10FNO2.ClH/c7-3-1-8-5-4(9)2-10-6(3)5;/h3-6,8-9H,1-2H2;1H/t3?,4?,5?,6-;/m1./s1. The van der Waals surface area contributed by atoms with E-state index in [1.165, 1.54) is 0 Å². The van der Waals surface area contributed by atoms with E-state index in [4.69, 9.17) is 9.84 Å². The van der Waals surface area contributed by atoms with Gasteiger partial charge in [0.25, 0.3) is 0 Å². The maximum atomic E-state index is 12.8. The number of aliphatic hydroxyl groups is 1. The fourth-order valence-electron chi connectivity index (χ4n) is 1.58. The molecule has 5 heteroatoms. The Hall–Kier alpha value is 0.1000. The number of ether oxygens (including phenoxy) is 1. The molecule has 2 heterocycles. The van der Waals surface area contributed by atoms with Crippen LogP contribution in [0.2, 0.25) is 0 Å². The van der Waals surface area contributed by atoms with Crippen LogP contribution >= 0.6 is 12.4 Å². The molecule has 0 spiro atoms. The molecule has 0 saturated carbocycles. The number of hydrogen-bond donors (Lipinski definition) is 2. The Kier molecular flexibility index (Phi) is 2.70. The van der Waals surface area contributed by atoms with Gasteiger partial charge in [-0.1, -0.05) is 0 Å². The molecule has 2 aliphatic heterocycles. The van der Waals surface area contributed by atoms with Crippen LogP contribution < -0.4 is 5.32 Å². The van der Waals surface area contributed by atoms with Crippen molar-refractivity contribution >= 4 is 12.4 Å². The Balaban J connectivity index is 0.000000605. The molecular weight excluding hydrogens is 173 g/mol. The van der Waals surface area contributed by atoms with Crippen LogP contribution in [0.4, 0.5) is 4.39 Å². The van der Waals surface area contributed by atoms with E-state index in [2.05, 4.69) is 5.32 Å². The minimum absolute atomic E-state index is 0. The summed E-state index contributed by atoms with van der Waals surface area (Å²) in [6.45, 7) is 0.579. The van der Waals surface area contributed by atoms with Crippen molar-refractivity contribution in [1.82, 2.24) is 5.32 Å². The zero-order chi connectivity index (χ0) is 7.14. The number of hydrogen-bond acceptors (Lipinski definition) is 3. The van der Waals surface area contributed by atoms with Crippen molar-refractivity contribution in [3.05, 3.63) is 0 Å². The van der Waals surface area contributed by atoms with E-state index < -0.39 is 18.4 Å². The van der Waals surface area contributed by atoms with Crippen LogP contribution in [0.15, 0.2) is 0 Å². The molecule has 2 aliphatic rings. The number of fused-ring (bicyclic) bond motifs is 1. The van der Waals surface area contributed by atoms with Crippen LogP contribution in [0.1, 0.15) is 0 Å². The zero-order valence-corrected chi connectivity index (χ0v) is 6.68. The average Bonchev–Trinajstić information content (AvgIpc) is 2.41. The highest BCUT2D eigenvalue weighted by Gasteiger charge is 2.45. The summed E-state index contributed by atoms with van der Waals surface area (Å²) < 4.78 is 17.8. The summed E-state index contributed by atoms with van der Waals surface area (Å²) in [5.74, 6) is 0. The molecule has 0 aromatic rings. The van der Waals surface area contributed by atoms with Crippen LogP contribution in [0, 0.1) is 0 Å². The average molecular weight is 184 g/mol. The van der Waals surface area contributed by atoms with Crippen molar-refractivity contribution in [2.24, 2.45) is 0 Å². The lowest BCUT2D eigenvalue weighted by Gasteiger charge is -2.09. The van der Waals surface area contributed by atoms with Gasteiger partial charge in [0, 0.05) is 6.54 Å². The van der Waals surface area contributed by atoms with Gasteiger partial charge in [-0.3, -0.25) is 0 Å². The summed E-state index contributed by atoms with van der Waals surface area (Å²) in [5.41, 5.74) is 0. The van der Waals surface area contributed by atoms with Crippen LogP contribution in [0.5, 0.6) is 0 Å². The highest BCUT2D eigenvalue weighted by Crippen LogP contribution is 2.23. The maximum Gasteiger partial charge on any atom is 0.140 e. The molecule has 66 valence electrons. The van der Waals surface area contributed by atoms with Gasteiger partial charge in [0.1, 0.15) is 12.3 Å². The second-order valence-electron chi connectivity index (χ2n) is 2.82. The largest absolute Gasteiger partial charge is 0.389 e. The van der Waals surface area contributed by atoms with E-state index in [0.717, 1.165) is 0 Å². The first-order chi connectivity index (χ1) is 4.79. The van der Waals surface area contributed by atoms with Crippen molar-refractivity contribution in [3.8, 4) is 0 Å². The molecular formula is C6H11ClFNO2. The summed E-state index contributed by atoms with van der Waals surface area (Å²) in [4.78, 5) is 0. The van der Waals surface area contributed by atoms with Gasteiger partial charge in [-0.2, -0.15) is 0 Å². The second kappa shape index (κ2) is 3.23. The monoisotopic (exact) mass is 183 g/mol. The molecule has 0 aromatic heterocycles. The zero-order valence-electron chi connectivity index (χ0n) is 5.87. The van der Waals surface area contributed by atoms with Crippen molar-refractivity contribution in [2.45, 2.75) is 24.4 Å². The lowest BCUT2D eigenvalue weighted by molar-refractivity contribution is 0.0496. The Labute approximate surface area is 70.3 Å². The summed E-state index contributed by atoms with van der Waals surface area (Å²) in [7, 11) is 0. The van der Waals surface area contributed by atoms with Crippen LogP contribution in [-0.4, -0.2) is 42.7 Å². The van der Waals surface area contributed by atoms with Gasteiger partial charge in [0.05, 0.1) is 18.8 Å². The topological polar surface area (TPSA) is 41.5 Å². The lowest BCUT2D eigenvalue weighted by atomic mass is 10.1. The molecule has 3 unspecified atom stereocenters. The number of halogens is 2. The van der Waals surface area contributed by atoms with Crippen LogP contribution in [-0.2, 0) is 4.74 Å². The maximum absolute atomic E-state index is 12.8. The quantitative estimate of drug-likeness (QED) is 0.531. The lowest BCUT2D eigenvalue weighted by Crippen LogP contribution is -2.36. The minimum atomic E-state index is -0.942. The van der Waals surface area contributed by atoms with E-state index in [0.29, 0.717) is 6.54 Å². The molecule has 3 nitrogen and oxygen atoms in total. The number of aliphatic hydroxyl groups excluding tert-OH is 1. The summed E-state index contributed by atoms with van der Waals surface area (Å²) >= 11 is 0. The van der Waals surface area contributed by atoms with E-state index in [-0.39, 0.29) is 25.1 Å². The molecule has 0 aromatic carbocycles. The predicted molar refractivity (Wildman–Crippen MR) is 39.7 cm³/mol. The molecule has 0 aliphatic carbocycles. The molecule has 11 heavy (non-hydrogen) atoms. The molecule has 2 rings (SSSR count). The van der Waals surface area contributed by atoms with E-state index >= 15 is 0 Å². The van der Waals surface area contributed by atoms with Gasteiger partial charge < -0.3 is 15.2 Å². The van der Waals surface area contributed by atoms with E-state index in [1.54, 1.807) is 0 Å². The van der Waals surface area contributed by atoms with E-state index in [9.17, 15) is 4.39 Å². The first-order valence-electron chi connectivity index (χ1n) is 3.46. The fraction of sp³-hybridized carbons (Fsp3) is 1.00. The molecule has 4 atom stereocenters. The van der Waals surface area contributed by atoms with Gasteiger partial charge in [-0.15, -0.1) is 12.4 Å². The molecule has 2 saturated heterocycles. The number of rotatable bonds is 0. The summed E-state index contributed by atoms with van der Waals surface area (Å²) in [5, 5.41) is 12.0. The first-order valence-corrected chi connectivity index (χ1v) is 3.46.